The van der Waals surface area contributed by atoms with Gasteiger partial charge in [0.15, 0.2) is 0 Å². The van der Waals surface area contributed by atoms with E-state index in [-0.39, 0.29) is 0 Å². The summed E-state index contributed by atoms with van der Waals surface area (Å²) in [7, 11) is 0. The molecule has 14 heavy (non-hydrogen) atoms. The molecule has 1 unspecified atom stereocenters. The van der Waals surface area contributed by atoms with E-state index in [0.717, 1.165) is 31.9 Å². The second-order valence-corrected chi connectivity index (χ2v) is 4.28. The van der Waals surface area contributed by atoms with Crippen LogP contribution in [-0.4, -0.2) is 53.2 Å². The topological polar surface area (TPSA) is 26.7 Å². The first-order chi connectivity index (χ1) is 6.52. The standard InChI is InChI=1S/C11H22N2O/c1-9(2)12-5-7-13(8-6-12)10(3)11(4)14/h9,11,14H,3,5-8H2,1-2,4H3. The van der Waals surface area contributed by atoms with E-state index in [0.29, 0.717) is 6.04 Å². The fraction of sp³-hybridized carbons (Fsp3) is 0.818. The SMILES string of the molecule is C=C(C(C)O)N1CCN(C(C)C)CC1. The molecule has 1 aliphatic heterocycles. The van der Waals surface area contributed by atoms with Gasteiger partial charge in [-0.05, 0) is 20.8 Å². The van der Waals surface area contributed by atoms with Crippen LogP contribution in [0.25, 0.3) is 0 Å². The highest BCUT2D eigenvalue weighted by Gasteiger charge is 2.20. The lowest BCUT2D eigenvalue weighted by molar-refractivity contribution is 0.104. The van der Waals surface area contributed by atoms with Crippen LogP contribution in [-0.2, 0) is 0 Å². The second-order valence-electron chi connectivity index (χ2n) is 4.28. The molecule has 1 rings (SSSR count). The van der Waals surface area contributed by atoms with Crippen molar-refractivity contribution < 1.29 is 5.11 Å². The van der Waals surface area contributed by atoms with E-state index < -0.39 is 6.10 Å². The van der Waals surface area contributed by atoms with E-state index in [1.54, 1.807) is 6.92 Å². The molecule has 0 radical (unpaired) electrons. The molecule has 1 heterocycles. The molecule has 82 valence electrons. The van der Waals surface area contributed by atoms with Crippen molar-refractivity contribution in [3.8, 4) is 0 Å². The first-order valence-corrected chi connectivity index (χ1v) is 5.38. The van der Waals surface area contributed by atoms with Crippen molar-refractivity contribution in [3.63, 3.8) is 0 Å². The summed E-state index contributed by atoms with van der Waals surface area (Å²) in [5, 5.41) is 9.39. The van der Waals surface area contributed by atoms with Gasteiger partial charge in [0.25, 0.3) is 0 Å². The maximum absolute atomic E-state index is 9.39. The van der Waals surface area contributed by atoms with Crippen LogP contribution < -0.4 is 0 Å². The van der Waals surface area contributed by atoms with Gasteiger partial charge in [-0.1, -0.05) is 6.58 Å². The van der Waals surface area contributed by atoms with E-state index in [9.17, 15) is 5.11 Å². The molecule has 1 atom stereocenters. The minimum Gasteiger partial charge on any atom is -0.387 e. The maximum atomic E-state index is 9.39. The Bertz CT molecular complexity index is 193. The normalized spacial score (nSPS) is 21.4. The van der Waals surface area contributed by atoms with Crippen molar-refractivity contribution in [2.45, 2.75) is 32.9 Å². The van der Waals surface area contributed by atoms with Crippen LogP contribution in [0.5, 0.6) is 0 Å². The molecule has 0 spiro atoms. The summed E-state index contributed by atoms with van der Waals surface area (Å²) in [6.45, 7) is 14.2. The van der Waals surface area contributed by atoms with E-state index in [1.807, 2.05) is 0 Å². The van der Waals surface area contributed by atoms with Gasteiger partial charge in [0.05, 0.1) is 6.10 Å². The van der Waals surface area contributed by atoms with Gasteiger partial charge in [0.2, 0.25) is 0 Å². The zero-order valence-electron chi connectivity index (χ0n) is 9.53. The van der Waals surface area contributed by atoms with Gasteiger partial charge < -0.3 is 10.0 Å². The molecular formula is C11H22N2O. The summed E-state index contributed by atoms with van der Waals surface area (Å²) >= 11 is 0. The maximum Gasteiger partial charge on any atom is 0.0902 e. The van der Waals surface area contributed by atoms with E-state index >= 15 is 0 Å². The lowest BCUT2D eigenvalue weighted by Crippen LogP contribution is -2.49. The Morgan fingerprint density at radius 1 is 1.14 bits per heavy atom. The van der Waals surface area contributed by atoms with E-state index in [1.165, 1.54) is 0 Å². The number of hydrogen-bond donors (Lipinski definition) is 1. The first-order valence-electron chi connectivity index (χ1n) is 5.38. The highest BCUT2D eigenvalue weighted by molar-refractivity contribution is 5.00. The fourth-order valence-electron chi connectivity index (χ4n) is 1.79. The zero-order valence-corrected chi connectivity index (χ0v) is 9.53. The third-order valence-electron chi connectivity index (χ3n) is 2.93. The van der Waals surface area contributed by atoms with Gasteiger partial charge in [-0.2, -0.15) is 0 Å². The highest BCUT2D eigenvalue weighted by atomic mass is 16.3. The van der Waals surface area contributed by atoms with Gasteiger partial charge in [-0.3, -0.25) is 4.90 Å². The highest BCUT2D eigenvalue weighted by Crippen LogP contribution is 2.12. The molecule has 1 aliphatic rings. The number of nitrogens with zero attached hydrogens (tertiary/aromatic N) is 2. The molecule has 1 fully saturated rings. The molecule has 0 aromatic heterocycles. The van der Waals surface area contributed by atoms with E-state index in [4.69, 9.17) is 0 Å². The molecule has 3 nitrogen and oxygen atoms in total. The monoisotopic (exact) mass is 198 g/mol. The smallest absolute Gasteiger partial charge is 0.0902 e. The number of aliphatic hydroxyl groups is 1. The quantitative estimate of drug-likeness (QED) is 0.730. The molecule has 1 saturated heterocycles. The predicted octanol–water partition coefficient (Wildman–Crippen LogP) is 0.907. The van der Waals surface area contributed by atoms with Crippen LogP contribution in [0.2, 0.25) is 0 Å². The Morgan fingerprint density at radius 3 is 2.00 bits per heavy atom. The number of hydrogen-bond acceptors (Lipinski definition) is 3. The minimum absolute atomic E-state index is 0.416. The van der Waals surface area contributed by atoms with Crippen molar-refractivity contribution in [3.05, 3.63) is 12.3 Å². The van der Waals surface area contributed by atoms with Gasteiger partial charge in [0, 0.05) is 37.9 Å². The molecule has 0 aromatic rings. The first kappa shape index (κ1) is 11.5. The Labute approximate surface area is 87.0 Å². The van der Waals surface area contributed by atoms with Crippen LogP contribution in [0, 0.1) is 0 Å². The van der Waals surface area contributed by atoms with Crippen molar-refractivity contribution in [2.24, 2.45) is 0 Å². The third-order valence-corrected chi connectivity index (χ3v) is 2.93. The van der Waals surface area contributed by atoms with Gasteiger partial charge in [-0.25, -0.2) is 0 Å². The lowest BCUT2D eigenvalue weighted by Gasteiger charge is -2.39. The molecule has 0 amide bonds. The average molecular weight is 198 g/mol. The van der Waals surface area contributed by atoms with Gasteiger partial charge in [0.1, 0.15) is 0 Å². The summed E-state index contributed by atoms with van der Waals surface area (Å²) in [4.78, 5) is 4.63. The summed E-state index contributed by atoms with van der Waals surface area (Å²) in [5.41, 5.74) is 0.855. The molecule has 0 saturated carbocycles. The minimum atomic E-state index is -0.416. The largest absolute Gasteiger partial charge is 0.387 e. The fourth-order valence-corrected chi connectivity index (χ4v) is 1.79. The average Bonchev–Trinajstić information content (AvgIpc) is 2.16. The third kappa shape index (κ3) is 2.72. The summed E-state index contributed by atoms with van der Waals surface area (Å²) in [5.74, 6) is 0. The van der Waals surface area contributed by atoms with Crippen LogP contribution in [0.1, 0.15) is 20.8 Å². The van der Waals surface area contributed by atoms with Crippen molar-refractivity contribution in [2.75, 3.05) is 26.2 Å². The second kappa shape index (κ2) is 4.80. The summed E-state index contributed by atoms with van der Waals surface area (Å²) < 4.78 is 0. The predicted molar refractivity (Wildman–Crippen MR) is 59.1 cm³/mol. The number of rotatable bonds is 3. The molecule has 3 heteroatoms. The van der Waals surface area contributed by atoms with Crippen molar-refractivity contribution in [1.82, 2.24) is 9.80 Å². The molecule has 1 N–H and O–H groups in total. The zero-order chi connectivity index (χ0) is 10.7. The van der Waals surface area contributed by atoms with E-state index in [2.05, 4.69) is 30.2 Å². The van der Waals surface area contributed by atoms with Crippen molar-refractivity contribution in [1.29, 1.82) is 0 Å². The van der Waals surface area contributed by atoms with Crippen LogP contribution in [0.3, 0.4) is 0 Å². The van der Waals surface area contributed by atoms with Crippen LogP contribution in [0.4, 0.5) is 0 Å². The van der Waals surface area contributed by atoms with Crippen molar-refractivity contribution >= 4 is 0 Å². The molecule has 0 aliphatic carbocycles. The number of piperazine rings is 1. The van der Waals surface area contributed by atoms with Crippen LogP contribution in [0.15, 0.2) is 12.3 Å². The molecular weight excluding hydrogens is 176 g/mol. The Morgan fingerprint density at radius 2 is 1.64 bits per heavy atom. The Kier molecular flexibility index (Phi) is 3.96. The Balaban J connectivity index is 2.39. The Hall–Kier alpha value is -0.540. The summed E-state index contributed by atoms with van der Waals surface area (Å²) in [6.07, 6.45) is -0.416. The van der Waals surface area contributed by atoms with Gasteiger partial charge in [-0.15, -0.1) is 0 Å². The molecule has 0 aromatic carbocycles. The van der Waals surface area contributed by atoms with Gasteiger partial charge >= 0.3 is 0 Å². The lowest BCUT2D eigenvalue weighted by atomic mass is 10.2. The molecule has 0 bridgehead atoms. The number of aliphatic hydroxyl groups excluding tert-OH is 1. The van der Waals surface area contributed by atoms with Crippen LogP contribution >= 0.6 is 0 Å². The summed E-state index contributed by atoms with van der Waals surface area (Å²) in [6, 6.07) is 0.622.